The van der Waals surface area contributed by atoms with Gasteiger partial charge in [-0.2, -0.15) is 0 Å². The molecule has 1 aliphatic rings. The topological polar surface area (TPSA) is 42.9 Å². The number of nitrogens with one attached hydrogen (secondary N) is 2. The maximum Gasteiger partial charge on any atom is 0.190 e. The second-order valence-corrected chi connectivity index (χ2v) is 7.52. The van der Waals surface area contributed by atoms with Gasteiger partial charge in [-0.1, -0.05) is 29.3 Å². The smallest absolute Gasteiger partial charge is 0.190 e. The van der Waals surface area contributed by atoms with Crippen LogP contribution in [0.3, 0.4) is 0 Å². The minimum absolute atomic E-state index is 0. The Kier molecular flexibility index (Phi) is 11.9. The Morgan fingerprint density at radius 1 is 1.00 bits per heavy atom. The molecular weight excluding hydrogens is 449 g/mol. The van der Waals surface area contributed by atoms with E-state index in [1.54, 1.807) is 0 Å². The fourth-order valence-corrected chi connectivity index (χ4v) is 3.59. The molecule has 27 heavy (non-hydrogen) atoms. The lowest BCUT2D eigenvalue weighted by Gasteiger charge is -2.20. The van der Waals surface area contributed by atoms with Gasteiger partial charge in [0, 0.05) is 33.2 Å². The number of guanidine groups is 1. The second-order valence-electron chi connectivity index (χ2n) is 7.52. The first kappa shape index (κ1) is 24.2. The zero-order valence-corrected chi connectivity index (χ0v) is 19.9. The minimum Gasteiger partial charge on any atom is -0.356 e. The second kappa shape index (κ2) is 13.3. The highest BCUT2D eigenvalue weighted by Gasteiger charge is 2.11. The van der Waals surface area contributed by atoms with Gasteiger partial charge in [0.1, 0.15) is 0 Å². The Bertz CT molecular complexity index is 555. The number of benzene rings is 1. The number of halogens is 1. The summed E-state index contributed by atoms with van der Waals surface area (Å²) in [6, 6.07) is 6.76. The van der Waals surface area contributed by atoms with Crippen molar-refractivity contribution in [1.29, 1.82) is 0 Å². The van der Waals surface area contributed by atoms with Crippen LogP contribution >= 0.6 is 24.0 Å². The maximum atomic E-state index is 4.34. The first-order valence-corrected chi connectivity index (χ1v) is 9.99. The molecule has 0 radical (unpaired) electrons. The van der Waals surface area contributed by atoms with Crippen molar-refractivity contribution in [3.8, 4) is 0 Å². The van der Waals surface area contributed by atoms with Gasteiger partial charge in [0.25, 0.3) is 0 Å². The number of nitrogens with zero attached hydrogens (tertiary/aromatic N) is 3. The van der Waals surface area contributed by atoms with Crippen LogP contribution in [0, 0.1) is 13.8 Å². The molecule has 0 saturated carbocycles. The Morgan fingerprint density at radius 3 is 2.41 bits per heavy atom. The van der Waals surface area contributed by atoms with Crippen molar-refractivity contribution in [2.45, 2.75) is 33.1 Å². The fraction of sp³-hybridized carbons (Fsp3) is 0.667. The van der Waals surface area contributed by atoms with Crippen molar-refractivity contribution in [2.75, 3.05) is 59.9 Å². The highest BCUT2D eigenvalue weighted by Crippen LogP contribution is 2.09. The molecule has 2 rings (SSSR count). The summed E-state index contributed by atoms with van der Waals surface area (Å²) in [5.74, 6) is 0.907. The molecule has 6 heteroatoms. The van der Waals surface area contributed by atoms with Crippen LogP contribution < -0.4 is 10.6 Å². The molecule has 2 N–H and O–H groups in total. The summed E-state index contributed by atoms with van der Waals surface area (Å²) in [5.41, 5.74) is 4.06. The van der Waals surface area contributed by atoms with E-state index < -0.39 is 0 Å². The monoisotopic (exact) mass is 487 g/mol. The van der Waals surface area contributed by atoms with Gasteiger partial charge < -0.3 is 20.4 Å². The van der Waals surface area contributed by atoms with Crippen molar-refractivity contribution in [2.24, 2.45) is 4.99 Å². The average molecular weight is 487 g/mol. The summed E-state index contributed by atoms with van der Waals surface area (Å²) in [5, 5.41) is 6.87. The third-order valence-electron chi connectivity index (χ3n) is 4.97. The first-order chi connectivity index (χ1) is 12.6. The van der Waals surface area contributed by atoms with Gasteiger partial charge >= 0.3 is 0 Å². The predicted molar refractivity (Wildman–Crippen MR) is 128 cm³/mol. The molecule has 154 valence electrons. The number of hydrogen-bond acceptors (Lipinski definition) is 3. The van der Waals surface area contributed by atoms with Crippen LogP contribution in [0.4, 0.5) is 0 Å². The molecule has 1 heterocycles. The minimum atomic E-state index is 0. The van der Waals surface area contributed by atoms with Crippen molar-refractivity contribution in [3.63, 3.8) is 0 Å². The molecule has 0 bridgehead atoms. The fourth-order valence-electron chi connectivity index (χ4n) is 3.59. The van der Waals surface area contributed by atoms with Crippen LogP contribution in [0.1, 0.15) is 29.5 Å². The quantitative estimate of drug-likeness (QED) is 0.269. The van der Waals surface area contributed by atoms with E-state index in [1.807, 2.05) is 7.05 Å². The molecule has 0 atom stereocenters. The van der Waals surface area contributed by atoms with Gasteiger partial charge in [0.05, 0.1) is 0 Å². The molecule has 1 aliphatic heterocycles. The van der Waals surface area contributed by atoms with Crippen LogP contribution in [0.25, 0.3) is 0 Å². The highest BCUT2D eigenvalue weighted by atomic mass is 127. The lowest BCUT2D eigenvalue weighted by atomic mass is 10.1. The zero-order chi connectivity index (χ0) is 18.8. The van der Waals surface area contributed by atoms with E-state index in [-0.39, 0.29) is 24.0 Å². The number of rotatable bonds is 7. The van der Waals surface area contributed by atoms with Crippen LogP contribution in [-0.4, -0.2) is 75.7 Å². The summed E-state index contributed by atoms with van der Waals surface area (Å²) >= 11 is 0. The van der Waals surface area contributed by atoms with E-state index in [2.05, 4.69) is 64.5 Å². The number of hydrogen-bond donors (Lipinski definition) is 2. The molecule has 0 spiro atoms. The summed E-state index contributed by atoms with van der Waals surface area (Å²) in [6.45, 7) is 12.2. The summed E-state index contributed by atoms with van der Waals surface area (Å²) < 4.78 is 0. The SMILES string of the molecule is CN=C(NCCCN1CCCN(C)CC1)NCCc1cc(C)cc(C)c1.I. The van der Waals surface area contributed by atoms with Crippen molar-refractivity contribution in [1.82, 2.24) is 20.4 Å². The van der Waals surface area contributed by atoms with Gasteiger partial charge in [-0.15, -0.1) is 24.0 Å². The van der Waals surface area contributed by atoms with E-state index in [9.17, 15) is 0 Å². The van der Waals surface area contributed by atoms with Gasteiger partial charge in [0.2, 0.25) is 0 Å². The van der Waals surface area contributed by atoms with Crippen LogP contribution in [-0.2, 0) is 6.42 Å². The lowest BCUT2D eigenvalue weighted by Crippen LogP contribution is -2.40. The zero-order valence-electron chi connectivity index (χ0n) is 17.6. The number of aliphatic imine (C=N–C) groups is 1. The van der Waals surface area contributed by atoms with E-state index in [0.717, 1.165) is 31.9 Å². The Hall–Kier alpha value is -0.860. The molecule has 1 saturated heterocycles. The average Bonchev–Trinajstić information content (AvgIpc) is 2.80. The molecule has 1 fully saturated rings. The van der Waals surface area contributed by atoms with Gasteiger partial charge in [-0.3, -0.25) is 4.99 Å². The van der Waals surface area contributed by atoms with E-state index in [1.165, 1.54) is 55.8 Å². The Labute approximate surface area is 183 Å². The summed E-state index contributed by atoms with van der Waals surface area (Å²) in [4.78, 5) is 9.35. The molecular formula is C21H38IN5. The largest absolute Gasteiger partial charge is 0.356 e. The molecule has 0 amide bonds. The number of aryl methyl sites for hydroxylation is 2. The highest BCUT2D eigenvalue weighted by molar-refractivity contribution is 14.0. The third-order valence-corrected chi connectivity index (χ3v) is 4.97. The van der Waals surface area contributed by atoms with Crippen LogP contribution in [0.5, 0.6) is 0 Å². The van der Waals surface area contributed by atoms with Crippen molar-refractivity contribution in [3.05, 3.63) is 34.9 Å². The molecule has 0 unspecified atom stereocenters. The molecule has 1 aromatic rings. The van der Waals surface area contributed by atoms with Gasteiger partial charge in [0.15, 0.2) is 5.96 Å². The number of likely N-dealkylation sites (N-methyl/N-ethyl adjacent to an activating group) is 1. The van der Waals surface area contributed by atoms with Gasteiger partial charge in [-0.25, -0.2) is 0 Å². The van der Waals surface area contributed by atoms with Gasteiger partial charge in [-0.05, 0) is 65.4 Å². The predicted octanol–water partition coefficient (Wildman–Crippen LogP) is 2.66. The molecule has 1 aromatic carbocycles. The normalized spacial score (nSPS) is 16.5. The maximum absolute atomic E-state index is 4.34. The van der Waals surface area contributed by atoms with Crippen molar-refractivity contribution < 1.29 is 0 Å². The molecule has 0 aliphatic carbocycles. The van der Waals surface area contributed by atoms with E-state index in [0.29, 0.717) is 0 Å². The Morgan fingerprint density at radius 2 is 1.70 bits per heavy atom. The van der Waals surface area contributed by atoms with Crippen LogP contribution in [0.2, 0.25) is 0 Å². The third kappa shape index (κ3) is 9.76. The molecule has 5 nitrogen and oxygen atoms in total. The Balaban J connectivity index is 0.00000364. The molecule has 0 aromatic heterocycles. The first-order valence-electron chi connectivity index (χ1n) is 9.99. The summed E-state index contributed by atoms with van der Waals surface area (Å²) in [6.07, 6.45) is 3.46. The lowest BCUT2D eigenvalue weighted by molar-refractivity contribution is 0.274. The van der Waals surface area contributed by atoms with Crippen LogP contribution in [0.15, 0.2) is 23.2 Å². The van der Waals surface area contributed by atoms with E-state index in [4.69, 9.17) is 0 Å². The van der Waals surface area contributed by atoms with Crippen molar-refractivity contribution >= 4 is 29.9 Å². The summed E-state index contributed by atoms with van der Waals surface area (Å²) in [7, 11) is 4.07. The van der Waals surface area contributed by atoms with E-state index >= 15 is 0 Å². The standard InChI is InChI=1S/C21H37N5.HI/c1-18-15-19(2)17-20(16-18)7-9-24-21(22-3)23-8-5-11-26-12-6-10-25(4)13-14-26;/h15-17H,5-14H2,1-4H3,(H2,22,23,24);1H.